The molecule has 2 aliphatic rings. The van der Waals surface area contributed by atoms with Gasteiger partial charge in [-0.25, -0.2) is 0 Å². The lowest BCUT2D eigenvalue weighted by molar-refractivity contribution is -0.156. The van der Waals surface area contributed by atoms with Crippen LogP contribution in [0.1, 0.15) is 39.5 Å². The Labute approximate surface area is 107 Å². The van der Waals surface area contributed by atoms with Crippen molar-refractivity contribution in [2.45, 2.75) is 57.2 Å². The van der Waals surface area contributed by atoms with Gasteiger partial charge in [0.1, 0.15) is 11.4 Å². The van der Waals surface area contributed by atoms with Crippen LogP contribution in [0.4, 0.5) is 0 Å². The van der Waals surface area contributed by atoms with Gasteiger partial charge in [0.2, 0.25) is 11.8 Å². The standard InChI is InChI=1S/C12H19ClN2O2/c1-12(2)11(17)14-8-5-3-4-6-9(8)15(12)10(16)7-13/h8-9H,3-7H2,1-2H3,(H,14,17)/t8-,9+/m1/s1. The van der Waals surface area contributed by atoms with Crippen LogP contribution in [-0.4, -0.2) is 40.2 Å². The van der Waals surface area contributed by atoms with Gasteiger partial charge in [-0.1, -0.05) is 12.8 Å². The number of alkyl halides is 1. The summed E-state index contributed by atoms with van der Waals surface area (Å²) in [5, 5.41) is 3.04. The van der Waals surface area contributed by atoms with Crippen LogP contribution in [0.2, 0.25) is 0 Å². The van der Waals surface area contributed by atoms with Crippen LogP contribution < -0.4 is 5.32 Å². The van der Waals surface area contributed by atoms with Crippen molar-refractivity contribution in [3.8, 4) is 0 Å². The Morgan fingerprint density at radius 2 is 2.12 bits per heavy atom. The Morgan fingerprint density at radius 3 is 2.76 bits per heavy atom. The Hall–Kier alpha value is -0.770. The summed E-state index contributed by atoms with van der Waals surface area (Å²) >= 11 is 5.67. The molecule has 0 unspecified atom stereocenters. The van der Waals surface area contributed by atoms with Gasteiger partial charge in [0.15, 0.2) is 0 Å². The average molecular weight is 259 g/mol. The zero-order chi connectivity index (χ0) is 12.6. The monoisotopic (exact) mass is 258 g/mol. The minimum Gasteiger partial charge on any atom is -0.349 e. The number of carbonyl (C=O) groups excluding carboxylic acids is 2. The predicted molar refractivity (Wildman–Crippen MR) is 65.8 cm³/mol. The second kappa shape index (κ2) is 4.48. The molecule has 5 heteroatoms. The van der Waals surface area contributed by atoms with Gasteiger partial charge in [-0.3, -0.25) is 9.59 Å². The highest BCUT2D eigenvalue weighted by Gasteiger charge is 2.49. The van der Waals surface area contributed by atoms with Gasteiger partial charge >= 0.3 is 0 Å². The van der Waals surface area contributed by atoms with Gasteiger partial charge in [-0.2, -0.15) is 0 Å². The van der Waals surface area contributed by atoms with E-state index in [2.05, 4.69) is 5.32 Å². The maximum Gasteiger partial charge on any atom is 0.245 e. The van der Waals surface area contributed by atoms with Crippen molar-refractivity contribution in [3.05, 3.63) is 0 Å². The van der Waals surface area contributed by atoms with E-state index in [-0.39, 0.29) is 29.8 Å². The van der Waals surface area contributed by atoms with Crippen molar-refractivity contribution < 1.29 is 9.59 Å². The number of nitrogens with one attached hydrogen (secondary N) is 1. The molecule has 0 bridgehead atoms. The molecule has 1 saturated heterocycles. The number of piperazine rings is 1. The molecule has 17 heavy (non-hydrogen) atoms. The summed E-state index contributed by atoms with van der Waals surface area (Å²) < 4.78 is 0. The molecule has 0 spiro atoms. The summed E-state index contributed by atoms with van der Waals surface area (Å²) in [4.78, 5) is 25.8. The predicted octanol–water partition coefficient (Wildman–Crippen LogP) is 1.27. The fourth-order valence-electron chi connectivity index (χ4n) is 3.02. The molecule has 4 nitrogen and oxygen atoms in total. The number of hydrogen-bond acceptors (Lipinski definition) is 2. The molecule has 1 aliphatic carbocycles. The molecule has 1 saturated carbocycles. The molecule has 2 atom stereocenters. The number of hydrogen-bond donors (Lipinski definition) is 1. The van der Waals surface area contributed by atoms with E-state index in [9.17, 15) is 9.59 Å². The van der Waals surface area contributed by atoms with Crippen LogP contribution in [0.3, 0.4) is 0 Å². The van der Waals surface area contributed by atoms with Crippen LogP contribution >= 0.6 is 11.6 Å². The molecular formula is C12H19ClN2O2. The van der Waals surface area contributed by atoms with E-state index >= 15 is 0 Å². The molecule has 1 N–H and O–H groups in total. The second-order valence-electron chi connectivity index (χ2n) is 5.39. The van der Waals surface area contributed by atoms with Gasteiger partial charge in [0, 0.05) is 6.04 Å². The zero-order valence-electron chi connectivity index (χ0n) is 10.3. The molecular weight excluding hydrogens is 240 g/mol. The normalized spacial score (nSPS) is 31.7. The van der Waals surface area contributed by atoms with Crippen molar-refractivity contribution in [1.82, 2.24) is 10.2 Å². The molecule has 2 amide bonds. The smallest absolute Gasteiger partial charge is 0.245 e. The topological polar surface area (TPSA) is 49.4 Å². The lowest BCUT2D eigenvalue weighted by Gasteiger charge is -2.52. The first-order chi connectivity index (χ1) is 7.98. The van der Waals surface area contributed by atoms with Gasteiger partial charge < -0.3 is 10.2 Å². The van der Waals surface area contributed by atoms with Crippen molar-refractivity contribution >= 4 is 23.4 Å². The van der Waals surface area contributed by atoms with Crippen LogP contribution in [0.25, 0.3) is 0 Å². The molecule has 2 rings (SSSR count). The summed E-state index contributed by atoms with van der Waals surface area (Å²) in [5.74, 6) is -0.262. The van der Waals surface area contributed by atoms with E-state index in [0.717, 1.165) is 25.7 Å². The quantitative estimate of drug-likeness (QED) is 0.721. The van der Waals surface area contributed by atoms with Crippen molar-refractivity contribution in [3.63, 3.8) is 0 Å². The van der Waals surface area contributed by atoms with Crippen LogP contribution in [-0.2, 0) is 9.59 Å². The first kappa shape index (κ1) is 12.7. The third-order valence-corrected chi connectivity index (χ3v) is 4.15. The summed E-state index contributed by atoms with van der Waals surface area (Å²) in [5.41, 5.74) is -0.787. The number of rotatable bonds is 1. The van der Waals surface area contributed by atoms with E-state index in [1.54, 1.807) is 18.7 Å². The largest absolute Gasteiger partial charge is 0.349 e. The van der Waals surface area contributed by atoms with Crippen LogP contribution in [0, 0.1) is 0 Å². The first-order valence-corrected chi connectivity index (χ1v) is 6.71. The third-order valence-electron chi connectivity index (χ3n) is 3.92. The molecule has 0 aromatic rings. The van der Waals surface area contributed by atoms with Crippen molar-refractivity contribution in [2.24, 2.45) is 0 Å². The minimum absolute atomic E-state index is 0.0556. The fourth-order valence-corrected chi connectivity index (χ4v) is 3.15. The average Bonchev–Trinajstić information content (AvgIpc) is 2.29. The highest BCUT2D eigenvalue weighted by atomic mass is 35.5. The van der Waals surface area contributed by atoms with Crippen LogP contribution in [0.15, 0.2) is 0 Å². The number of halogens is 1. The number of nitrogens with zero attached hydrogens (tertiary/aromatic N) is 1. The Morgan fingerprint density at radius 1 is 1.47 bits per heavy atom. The maximum absolute atomic E-state index is 12.1. The number of fused-ring (bicyclic) bond motifs is 1. The van der Waals surface area contributed by atoms with Gasteiger partial charge in [-0.15, -0.1) is 11.6 Å². The van der Waals surface area contributed by atoms with Crippen molar-refractivity contribution in [2.75, 3.05) is 5.88 Å². The van der Waals surface area contributed by atoms with E-state index in [0.29, 0.717) is 0 Å². The van der Waals surface area contributed by atoms with Gasteiger partial charge in [0.05, 0.1) is 6.04 Å². The highest BCUT2D eigenvalue weighted by Crippen LogP contribution is 2.33. The summed E-state index contributed by atoms with van der Waals surface area (Å²) in [6.45, 7) is 3.58. The molecule has 0 aromatic carbocycles. The van der Waals surface area contributed by atoms with E-state index in [1.165, 1.54) is 0 Å². The van der Waals surface area contributed by atoms with Gasteiger partial charge in [-0.05, 0) is 26.7 Å². The van der Waals surface area contributed by atoms with E-state index in [1.807, 2.05) is 0 Å². The van der Waals surface area contributed by atoms with E-state index in [4.69, 9.17) is 11.6 Å². The lowest BCUT2D eigenvalue weighted by atomic mass is 9.82. The Kier molecular flexibility index (Phi) is 3.34. The SMILES string of the molecule is CC1(C)C(=O)N[C@@H]2CCCC[C@@H]2N1C(=O)CCl. The minimum atomic E-state index is -0.787. The molecule has 2 fully saturated rings. The molecule has 0 aromatic heterocycles. The zero-order valence-corrected chi connectivity index (χ0v) is 11.1. The molecule has 1 heterocycles. The number of carbonyl (C=O) groups is 2. The first-order valence-electron chi connectivity index (χ1n) is 6.17. The third kappa shape index (κ3) is 2.03. The van der Waals surface area contributed by atoms with Crippen molar-refractivity contribution in [1.29, 1.82) is 0 Å². The van der Waals surface area contributed by atoms with E-state index < -0.39 is 5.54 Å². The highest BCUT2D eigenvalue weighted by molar-refractivity contribution is 6.27. The molecule has 1 aliphatic heterocycles. The number of amides is 2. The maximum atomic E-state index is 12.1. The molecule has 96 valence electrons. The molecule has 0 radical (unpaired) electrons. The summed E-state index contributed by atoms with van der Waals surface area (Å²) in [7, 11) is 0. The second-order valence-corrected chi connectivity index (χ2v) is 5.66. The Balaban J connectivity index is 2.32. The lowest BCUT2D eigenvalue weighted by Crippen LogP contribution is -2.72. The van der Waals surface area contributed by atoms with Gasteiger partial charge in [0.25, 0.3) is 0 Å². The fraction of sp³-hybridized carbons (Fsp3) is 0.833. The summed E-state index contributed by atoms with van der Waals surface area (Å²) in [6, 6.07) is 0.221. The summed E-state index contributed by atoms with van der Waals surface area (Å²) in [6.07, 6.45) is 4.14. The van der Waals surface area contributed by atoms with Crippen LogP contribution in [0.5, 0.6) is 0 Å². The Bertz CT molecular complexity index is 343.